The minimum atomic E-state index is 0.537. The zero-order valence-corrected chi connectivity index (χ0v) is 10.9. The van der Waals surface area contributed by atoms with Gasteiger partial charge in [-0.2, -0.15) is 0 Å². The lowest BCUT2D eigenvalue weighted by Gasteiger charge is -2.12. The first-order chi connectivity index (χ1) is 8.29. The van der Waals surface area contributed by atoms with E-state index in [9.17, 15) is 0 Å². The molecule has 0 spiro atoms. The van der Waals surface area contributed by atoms with Crippen molar-refractivity contribution in [2.24, 2.45) is 5.92 Å². The number of hydrogen-bond acceptors (Lipinski definition) is 2. The molecule has 2 nitrogen and oxygen atoms in total. The van der Waals surface area contributed by atoms with Gasteiger partial charge in [0.1, 0.15) is 5.75 Å². The van der Waals surface area contributed by atoms with Gasteiger partial charge < -0.3 is 10.1 Å². The molecule has 1 aromatic rings. The normalized spacial score (nSPS) is 23.9. The molecule has 1 N–H and O–H groups in total. The molecule has 1 saturated heterocycles. The fourth-order valence-corrected chi connectivity index (χ4v) is 2.30. The van der Waals surface area contributed by atoms with E-state index < -0.39 is 0 Å². The van der Waals surface area contributed by atoms with Crippen LogP contribution in [0.5, 0.6) is 5.75 Å². The Balaban J connectivity index is 1.89. The average Bonchev–Trinajstić information content (AvgIpc) is 2.77. The van der Waals surface area contributed by atoms with E-state index in [1.165, 1.54) is 18.4 Å². The Morgan fingerprint density at radius 1 is 1.29 bits per heavy atom. The molecule has 1 aliphatic heterocycles. The second-order valence-electron chi connectivity index (χ2n) is 5.07. The maximum atomic E-state index is 5.66. The Kier molecular flexibility index (Phi) is 4.43. The molecule has 1 fully saturated rings. The predicted molar refractivity (Wildman–Crippen MR) is 71.4 cm³/mol. The quantitative estimate of drug-likeness (QED) is 0.785. The lowest BCUT2D eigenvalue weighted by atomic mass is 10.0. The standard InChI is InChI=1S/C15H23NO/c1-3-4-9-17-14-7-5-13(6-8-14)15-10-12(2)11-16-15/h5-8,12,15-16H,3-4,9-11H2,1-2H3. The van der Waals surface area contributed by atoms with Crippen LogP contribution in [0.3, 0.4) is 0 Å². The molecule has 0 bridgehead atoms. The van der Waals surface area contributed by atoms with Crippen LogP contribution in [0, 0.1) is 5.92 Å². The van der Waals surface area contributed by atoms with E-state index >= 15 is 0 Å². The molecule has 94 valence electrons. The van der Waals surface area contributed by atoms with Crippen molar-refractivity contribution in [3.63, 3.8) is 0 Å². The molecule has 17 heavy (non-hydrogen) atoms. The molecule has 1 heterocycles. The van der Waals surface area contributed by atoms with Gasteiger partial charge in [0.25, 0.3) is 0 Å². The maximum absolute atomic E-state index is 5.66. The van der Waals surface area contributed by atoms with Crippen molar-refractivity contribution in [3.8, 4) is 5.75 Å². The van der Waals surface area contributed by atoms with Crippen molar-refractivity contribution in [1.82, 2.24) is 5.32 Å². The van der Waals surface area contributed by atoms with E-state index in [1.807, 2.05) is 0 Å². The molecule has 0 aliphatic carbocycles. The van der Waals surface area contributed by atoms with Crippen LogP contribution in [0.2, 0.25) is 0 Å². The van der Waals surface area contributed by atoms with Gasteiger partial charge in [0.2, 0.25) is 0 Å². The lowest BCUT2D eigenvalue weighted by Crippen LogP contribution is -2.13. The number of nitrogens with one attached hydrogen (secondary N) is 1. The average molecular weight is 233 g/mol. The van der Waals surface area contributed by atoms with Crippen molar-refractivity contribution in [3.05, 3.63) is 29.8 Å². The van der Waals surface area contributed by atoms with E-state index in [0.29, 0.717) is 6.04 Å². The molecule has 1 aliphatic rings. The van der Waals surface area contributed by atoms with Gasteiger partial charge in [-0.25, -0.2) is 0 Å². The summed E-state index contributed by atoms with van der Waals surface area (Å²) in [5.74, 6) is 1.79. The first-order valence-electron chi connectivity index (χ1n) is 6.75. The molecular formula is C15H23NO. The van der Waals surface area contributed by atoms with Crippen LogP contribution in [0.15, 0.2) is 24.3 Å². The van der Waals surface area contributed by atoms with Gasteiger partial charge in [-0.15, -0.1) is 0 Å². The maximum Gasteiger partial charge on any atom is 0.119 e. The summed E-state index contributed by atoms with van der Waals surface area (Å²) in [7, 11) is 0. The first kappa shape index (κ1) is 12.4. The SMILES string of the molecule is CCCCOc1ccc(C2CC(C)CN2)cc1. The van der Waals surface area contributed by atoms with Gasteiger partial charge in [0.15, 0.2) is 0 Å². The Hall–Kier alpha value is -1.02. The third-order valence-electron chi connectivity index (χ3n) is 3.40. The summed E-state index contributed by atoms with van der Waals surface area (Å²) in [5.41, 5.74) is 1.39. The third-order valence-corrected chi connectivity index (χ3v) is 3.40. The van der Waals surface area contributed by atoms with Gasteiger partial charge in [0.05, 0.1) is 6.61 Å². The molecule has 2 heteroatoms. The van der Waals surface area contributed by atoms with Crippen LogP contribution in [0.4, 0.5) is 0 Å². The summed E-state index contributed by atoms with van der Waals surface area (Å²) >= 11 is 0. The fraction of sp³-hybridized carbons (Fsp3) is 0.600. The Bertz CT molecular complexity index is 333. The number of ether oxygens (including phenoxy) is 1. The monoisotopic (exact) mass is 233 g/mol. The van der Waals surface area contributed by atoms with E-state index in [4.69, 9.17) is 4.74 Å². The summed E-state index contributed by atoms with van der Waals surface area (Å²) in [6.07, 6.45) is 3.56. The summed E-state index contributed by atoms with van der Waals surface area (Å²) in [6, 6.07) is 9.11. The minimum absolute atomic E-state index is 0.537. The minimum Gasteiger partial charge on any atom is -0.494 e. The number of rotatable bonds is 5. The van der Waals surface area contributed by atoms with Gasteiger partial charge in [-0.05, 0) is 43.0 Å². The van der Waals surface area contributed by atoms with Gasteiger partial charge in [-0.3, -0.25) is 0 Å². The van der Waals surface area contributed by atoms with Crippen molar-refractivity contribution in [2.75, 3.05) is 13.2 Å². The van der Waals surface area contributed by atoms with Crippen LogP contribution < -0.4 is 10.1 Å². The summed E-state index contributed by atoms with van der Waals surface area (Å²) in [5, 5.41) is 3.55. The summed E-state index contributed by atoms with van der Waals surface area (Å²) in [6.45, 7) is 6.45. The fourth-order valence-electron chi connectivity index (χ4n) is 2.30. The Labute approximate surface area is 104 Å². The van der Waals surface area contributed by atoms with Crippen LogP contribution in [0.25, 0.3) is 0 Å². The molecule has 1 aromatic carbocycles. The molecular weight excluding hydrogens is 210 g/mol. The van der Waals surface area contributed by atoms with Crippen LogP contribution in [-0.2, 0) is 0 Å². The van der Waals surface area contributed by atoms with Crippen LogP contribution in [-0.4, -0.2) is 13.2 Å². The number of unbranched alkanes of at least 4 members (excludes halogenated alkanes) is 1. The van der Waals surface area contributed by atoms with E-state index in [2.05, 4.69) is 43.4 Å². The molecule has 0 radical (unpaired) electrons. The second-order valence-corrected chi connectivity index (χ2v) is 5.07. The third kappa shape index (κ3) is 3.47. The number of hydrogen-bond donors (Lipinski definition) is 1. The topological polar surface area (TPSA) is 21.3 Å². The lowest BCUT2D eigenvalue weighted by molar-refractivity contribution is 0.309. The first-order valence-corrected chi connectivity index (χ1v) is 6.75. The number of benzene rings is 1. The van der Waals surface area contributed by atoms with E-state index in [1.54, 1.807) is 0 Å². The zero-order chi connectivity index (χ0) is 12.1. The molecule has 2 atom stereocenters. The van der Waals surface area contributed by atoms with Crippen molar-refractivity contribution >= 4 is 0 Å². The molecule has 2 rings (SSSR count). The Morgan fingerprint density at radius 2 is 2.06 bits per heavy atom. The van der Waals surface area contributed by atoms with E-state index in [0.717, 1.165) is 31.2 Å². The van der Waals surface area contributed by atoms with E-state index in [-0.39, 0.29) is 0 Å². The highest BCUT2D eigenvalue weighted by Crippen LogP contribution is 2.27. The summed E-state index contributed by atoms with van der Waals surface area (Å²) < 4.78 is 5.66. The molecule has 0 aromatic heterocycles. The van der Waals surface area contributed by atoms with Crippen LogP contribution in [0.1, 0.15) is 44.7 Å². The Morgan fingerprint density at radius 3 is 2.65 bits per heavy atom. The van der Waals surface area contributed by atoms with Crippen molar-refractivity contribution in [1.29, 1.82) is 0 Å². The zero-order valence-electron chi connectivity index (χ0n) is 10.9. The van der Waals surface area contributed by atoms with Crippen molar-refractivity contribution < 1.29 is 4.74 Å². The van der Waals surface area contributed by atoms with Gasteiger partial charge >= 0.3 is 0 Å². The van der Waals surface area contributed by atoms with Gasteiger partial charge in [0, 0.05) is 6.04 Å². The molecule has 0 saturated carbocycles. The highest BCUT2D eigenvalue weighted by atomic mass is 16.5. The summed E-state index contributed by atoms with van der Waals surface area (Å²) in [4.78, 5) is 0. The molecule has 0 amide bonds. The van der Waals surface area contributed by atoms with Crippen LogP contribution >= 0.6 is 0 Å². The highest BCUT2D eigenvalue weighted by molar-refractivity contribution is 5.29. The largest absolute Gasteiger partial charge is 0.494 e. The molecule has 2 unspecified atom stereocenters. The smallest absolute Gasteiger partial charge is 0.119 e. The van der Waals surface area contributed by atoms with Crippen molar-refractivity contribution in [2.45, 2.75) is 39.2 Å². The second kappa shape index (κ2) is 6.06. The highest BCUT2D eigenvalue weighted by Gasteiger charge is 2.21. The van der Waals surface area contributed by atoms with Gasteiger partial charge in [-0.1, -0.05) is 32.4 Å². The predicted octanol–water partition coefficient (Wildman–Crippen LogP) is 3.54.